The van der Waals surface area contributed by atoms with Gasteiger partial charge in [0.15, 0.2) is 0 Å². The first-order valence-corrected chi connectivity index (χ1v) is 4.57. The summed E-state index contributed by atoms with van der Waals surface area (Å²) in [5.74, 6) is 0. The van der Waals surface area contributed by atoms with Gasteiger partial charge in [0, 0.05) is 0 Å². The largest absolute Gasteiger partial charge is 0.0773 e. The van der Waals surface area contributed by atoms with Crippen LogP contribution in [0.1, 0.15) is 5.56 Å². The van der Waals surface area contributed by atoms with Gasteiger partial charge in [-0.25, -0.2) is 0 Å². The van der Waals surface area contributed by atoms with Crippen molar-refractivity contribution in [2.45, 2.75) is 13.5 Å². The summed E-state index contributed by atoms with van der Waals surface area (Å²) in [4.78, 5) is 0. The summed E-state index contributed by atoms with van der Waals surface area (Å²) >= 11 is 0. The number of aryl methyl sites for hydroxylation is 1. The van der Waals surface area contributed by atoms with Gasteiger partial charge in [0.05, 0.1) is 9.52 Å². The summed E-state index contributed by atoms with van der Waals surface area (Å²) in [6.45, 7) is 4.31. The van der Waals surface area contributed by atoms with Crippen molar-refractivity contribution < 1.29 is 0 Å². The predicted octanol–water partition coefficient (Wildman–Crippen LogP) is 1.37. The van der Waals surface area contributed by atoms with Crippen LogP contribution < -0.4 is 5.19 Å². The minimum absolute atomic E-state index is 0.926. The molecule has 0 saturated carbocycles. The molecule has 0 nitrogen and oxygen atoms in total. The lowest BCUT2D eigenvalue weighted by molar-refractivity contribution is 1.49. The molecule has 0 aliphatic rings. The van der Waals surface area contributed by atoms with Crippen LogP contribution in [0.5, 0.6) is 0 Å². The molecule has 0 aliphatic heterocycles. The topological polar surface area (TPSA) is 0 Å². The fourth-order valence-electron chi connectivity index (χ4n) is 0.720. The molecule has 2 radical (unpaired) electrons. The minimum atomic E-state index is 0.926. The molecule has 0 spiro atoms. The summed E-state index contributed by atoms with van der Waals surface area (Å²) in [6, 6.07) is 8.69. The van der Waals surface area contributed by atoms with Crippen LogP contribution >= 0.6 is 0 Å². The van der Waals surface area contributed by atoms with Crippen molar-refractivity contribution >= 4 is 14.7 Å². The molecule has 0 heterocycles. The zero-order valence-corrected chi connectivity index (χ0v) is 6.81. The van der Waals surface area contributed by atoms with E-state index in [1.807, 2.05) is 0 Å². The molecule has 9 heavy (non-hydrogen) atoms. The zero-order chi connectivity index (χ0) is 6.69. The van der Waals surface area contributed by atoms with Crippen molar-refractivity contribution in [2.24, 2.45) is 0 Å². The lowest BCUT2D eigenvalue weighted by atomic mass is 10.2. The van der Waals surface area contributed by atoms with E-state index in [-0.39, 0.29) is 0 Å². The van der Waals surface area contributed by atoms with Crippen LogP contribution in [0.3, 0.4) is 0 Å². The normalized spacial score (nSPS) is 9.56. The van der Waals surface area contributed by atoms with Crippen LogP contribution in [0.15, 0.2) is 24.3 Å². The van der Waals surface area contributed by atoms with Gasteiger partial charge in [0.2, 0.25) is 0 Å². The quantitative estimate of drug-likeness (QED) is 0.509. The molecule has 0 aromatic heterocycles. The smallest absolute Gasteiger partial charge is 0.0688 e. The van der Waals surface area contributed by atoms with E-state index in [2.05, 4.69) is 37.7 Å². The Hall–Kier alpha value is -0.563. The lowest BCUT2D eigenvalue weighted by Crippen LogP contribution is -2.08. The van der Waals surface area contributed by atoms with Gasteiger partial charge >= 0.3 is 0 Å². The number of hydrogen-bond acceptors (Lipinski definition) is 0. The van der Waals surface area contributed by atoms with Gasteiger partial charge in [-0.1, -0.05) is 41.6 Å². The van der Waals surface area contributed by atoms with Gasteiger partial charge in [-0.3, -0.25) is 0 Å². The van der Waals surface area contributed by atoms with Crippen molar-refractivity contribution in [3.05, 3.63) is 29.8 Å². The van der Waals surface area contributed by atoms with E-state index in [1.54, 1.807) is 0 Å². The molecule has 0 atom stereocenters. The van der Waals surface area contributed by atoms with Gasteiger partial charge in [-0.15, -0.1) is 0 Å². The van der Waals surface area contributed by atoms with E-state index >= 15 is 0 Å². The molecule has 0 N–H and O–H groups in total. The molecule has 0 fully saturated rings. The van der Waals surface area contributed by atoms with Crippen molar-refractivity contribution in [3.63, 3.8) is 0 Å². The molecule has 1 aromatic rings. The second-order valence-electron chi connectivity index (χ2n) is 2.12. The van der Waals surface area contributed by atoms with Gasteiger partial charge in [0.25, 0.3) is 0 Å². The van der Waals surface area contributed by atoms with E-state index in [0.717, 1.165) is 9.52 Å². The van der Waals surface area contributed by atoms with Crippen LogP contribution in [0.2, 0.25) is 6.55 Å². The fourth-order valence-corrected chi connectivity index (χ4v) is 1.22. The first kappa shape index (κ1) is 6.56. The van der Waals surface area contributed by atoms with Crippen molar-refractivity contribution in [3.8, 4) is 0 Å². The zero-order valence-electron chi connectivity index (χ0n) is 5.81. The Morgan fingerprint density at radius 2 is 1.67 bits per heavy atom. The third-order valence-electron chi connectivity index (χ3n) is 1.34. The number of rotatable bonds is 1. The molecule has 0 saturated heterocycles. The molecule has 1 aromatic carbocycles. The molecule has 0 amide bonds. The Labute approximate surface area is 58.7 Å². The maximum atomic E-state index is 2.20. The van der Waals surface area contributed by atoms with Crippen LogP contribution in [-0.2, 0) is 0 Å². The number of benzene rings is 1. The highest BCUT2D eigenvalue weighted by molar-refractivity contribution is 6.51. The average molecular weight is 134 g/mol. The lowest BCUT2D eigenvalue weighted by Gasteiger charge is -1.93. The molecule has 0 aliphatic carbocycles. The Morgan fingerprint density at radius 3 is 2.11 bits per heavy atom. The van der Waals surface area contributed by atoms with Crippen LogP contribution in [0, 0.1) is 6.92 Å². The molecule has 0 unspecified atom stereocenters. The summed E-state index contributed by atoms with van der Waals surface area (Å²) in [5, 5.41) is 1.45. The first-order chi connectivity index (χ1) is 4.33. The highest BCUT2D eigenvalue weighted by Crippen LogP contribution is 1.91. The third-order valence-corrected chi connectivity index (χ3v) is 2.25. The highest BCUT2D eigenvalue weighted by Gasteiger charge is 1.85. The van der Waals surface area contributed by atoms with Gasteiger partial charge < -0.3 is 0 Å². The van der Waals surface area contributed by atoms with Gasteiger partial charge in [-0.05, 0) is 6.92 Å². The van der Waals surface area contributed by atoms with Crippen LogP contribution in [0.25, 0.3) is 0 Å². The SMILES string of the molecule is C[Si]c1ccc(C)cc1. The third kappa shape index (κ3) is 1.68. The van der Waals surface area contributed by atoms with Crippen molar-refractivity contribution in [1.29, 1.82) is 0 Å². The van der Waals surface area contributed by atoms with Crippen molar-refractivity contribution in [2.75, 3.05) is 0 Å². The Kier molecular flexibility index (Phi) is 2.06. The monoisotopic (exact) mass is 134 g/mol. The van der Waals surface area contributed by atoms with Gasteiger partial charge in [0.1, 0.15) is 0 Å². The molecule has 1 heteroatoms. The van der Waals surface area contributed by atoms with E-state index in [0.29, 0.717) is 0 Å². The summed E-state index contributed by atoms with van der Waals surface area (Å²) < 4.78 is 0. The first-order valence-electron chi connectivity index (χ1n) is 3.07. The minimum Gasteiger partial charge on any atom is -0.0688 e. The fraction of sp³-hybridized carbons (Fsp3) is 0.250. The van der Waals surface area contributed by atoms with E-state index in [4.69, 9.17) is 0 Å². The maximum absolute atomic E-state index is 2.20. The second kappa shape index (κ2) is 2.83. The molecule has 0 bridgehead atoms. The van der Waals surface area contributed by atoms with Gasteiger partial charge in [-0.2, -0.15) is 0 Å². The Bertz CT molecular complexity index is 176. The average Bonchev–Trinajstić information content (AvgIpc) is 1.90. The second-order valence-corrected chi connectivity index (χ2v) is 3.19. The van der Waals surface area contributed by atoms with Crippen molar-refractivity contribution in [1.82, 2.24) is 0 Å². The molecule has 1 rings (SSSR count). The summed E-state index contributed by atoms with van der Waals surface area (Å²) in [7, 11) is 0.926. The molecular weight excluding hydrogens is 124 g/mol. The number of hydrogen-bond donors (Lipinski definition) is 0. The summed E-state index contributed by atoms with van der Waals surface area (Å²) in [5.41, 5.74) is 1.34. The molecular formula is C8H10Si. The predicted molar refractivity (Wildman–Crippen MR) is 42.4 cm³/mol. The Morgan fingerprint density at radius 1 is 1.11 bits per heavy atom. The highest BCUT2D eigenvalue weighted by atomic mass is 28.2. The molecule has 46 valence electrons. The van der Waals surface area contributed by atoms with E-state index in [1.165, 1.54) is 10.8 Å². The van der Waals surface area contributed by atoms with E-state index < -0.39 is 0 Å². The maximum Gasteiger partial charge on any atom is 0.0773 e. The standard InChI is InChI=1S/C8H10Si/c1-7-3-5-8(9-2)6-4-7/h3-6H,1-2H3. The summed E-state index contributed by atoms with van der Waals surface area (Å²) in [6.07, 6.45) is 0. The van der Waals surface area contributed by atoms with Crippen LogP contribution in [0.4, 0.5) is 0 Å². The Balaban J connectivity index is 2.88. The van der Waals surface area contributed by atoms with E-state index in [9.17, 15) is 0 Å². The van der Waals surface area contributed by atoms with Crippen LogP contribution in [-0.4, -0.2) is 9.52 Å².